The second-order valence-corrected chi connectivity index (χ2v) is 1.34. The predicted octanol–water partition coefficient (Wildman–Crippen LogP) is -6.25. The van der Waals surface area contributed by atoms with Crippen LogP contribution in [0.4, 0.5) is 0 Å². The summed E-state index contributed by atoms with van der Waals surface area (Å²) in [5.74, 6) is 0. The molecule has 0 aromatic carbocycles. The van der Waals surface area contributed by atoms with Crippen molar-refractivity contribution >= 4 is 68.6 Å². The van der Waals surface area contributed by atoms with Crippen molar-refractivity contribution in [2.45, 2.75) is 0 Å². The molecular formula is H15NiO10RbS. The van der Waals surface area contributed by atoms with Crippen LogP contribution in [0.3, 0.4) is 0 Å². The van der Waals surface area contributed by atoms with Crippen molar-refractivity contribution in [1.82, 2.24) is 0 Å². The molecule has 0 aliphatic heterocycles. The first-order valence-electron chi connectivity index (χ1n) is 0.698. The van der Waals surface area contributed by atoms with E-state index in [4.69, 9.17) is 17.5 Å². The van der Waals surface area contributed by atoms with Gasteiger partial charge in [-0.05, 0) is 0 Å². The van der Waals surface area contributed by atoms with E-state index in [1.165, 1.54) is 0 Å². The molecule has 0 aromatic rings. The van der Waals surface area contributed by atoms with Gasteiger partial charge in [0.2, 0.25) is 0 Å². The second kappa shape index (κ2) is 37.0. The molecular weight excluding hydrogens is 336 g/mol. The van der Waals surface area contributed by atoms with E-state index in [-0.39, 0.29) is 108 Å². The van der Waals surface area contributed by atoms with Gasteiger partial charge in [-0.15, -0.1) is 0 Å². The monoisotopic (exact) mass is 350 g/mol. The number of hydrogen-bond acceptors (Lipinski definition) is 2. The zero-order valence-electron chi connectivity index (χ0n) is 5.44. The van der Waals surface area contributed by atoms with Crippen LogP contribution in [-0.2, 0) is 26.9 Å². The molecule has 10 nitrogen and oxygen atoms in total. The molecule has 0 unspecified atom stereocenters. The molecule has 14 N–H and O–H groups in total. The fourth-order valence-electron chi connectivity index (χ4n) is 0. The Balaban J connectivity index is -0.00000000286. The Morgan fingerprint density at radius 2 is 0.692 bits per heavy atom. The van der Waals surface area contributed by atoms with E-state index in [9.17, 15) is 0 Å². The summed E-state index contributed by atoms with van der Waals surface area (Å²) in [6.07, 6.45) is 0. The fourth-order valence-corrected chi connectivity index (χ4v) is 0. The zero-order chi connectivity index (χ0) is 4.50. The molecule has 0 saturated carbocycles. The van der Waals surface area contributed by atoms with Crippen LogP contribution in [0, 0.1) is 0 Å². The van der Waals surface area contributed by atoms with Gasteiger partial charge in [0.05, 0.1) is 0 Å². The summed E-state index contributed by atoms with van der Waals surface area (Å²) in [6.45, 7) is 0. The van der Waals surface area contributed by atoms with Crippen LogP contribution < -0.4 is 0 Å². The molecule has 0 bridgehead atoms. The van der Waals surface area contributed by atoms with Crippen molar-refractivity contribution in [3.8, 4) is 0 Å². The van der Waals surface area contributed by atoms with Crippen LogP contribution >= 0.6 is 0 Å². The topological polar surface area (TPSA) is 264 Å². The third-order valence-electron chi connectivity index (χ3n) is 0. The van der Waals surface area contributed by atoms with Gasteiger partial charge in [0.15, 0.2) is 0 Å². The molecule has 0 spiro atoms. The Labute approximate surface area is 133 Å². The molecule has 92 valence electrons. The Morgan fingerprint density at radius 1 is 0.692 bits per heavy atom. The van der Waals surface area contributed by atoms with E-state index >= 15 is 0 Å². The molecule has 0 heterocycles. The SMILES string of the molecule is O.O.O.O.O.O.O=S(=O)(O)O.[Ni].[RbH]. The van der Waals surface area contributed by atoms with Gasteiger partial charge in [0.1, 0.15) is 0 Å². The summed E-state index contributed by atoms with van der Waals surface area (Å²) in [6, 6.07) is 0. The van der Waals surface area contributed by atoms with E-state index in [0.717, 1.165) is 0 Å². The van der Waals surface area contributed by atoms with Gasteiger partial charge in [0.25, 0.3) is 0 Å². The van der Waals surface area contributed by atoms with E-state index in [2.05, 4.69) is 0 Å². The Bertz CT molecular complexity index is 98.1. The van der Waals surface area contributed by atoms with Crippen LogP contribution in [0.2, 0.25) is 0 Å². The van der Waals surface area contributed by atoms with Crippen molar-refractivity contribution in [3.05, 3.63) is 0 Å². The van der Waals surface area contributed by atoms with Gasteiger partial charge < -0.3 is 32.9 Å². The quantitative estimate of drug-likeness (QED) is 0.318. The normalized spacial score (nSPS) is 4.46. The predicted molar refractivity (Wildman–Crippen MR) is 43.0 cm³/mol. The molecule has 13 heavy (non-hydrogen) atoms. The van der Waals surface area contributed by atoms with Gasteiger partial charge in [-0.2, -0.15) is 8.42 Å². The molecule has 0 fully saturated rings. The molecule has 0 saturated heterocycles. The van der Waals surface area contributed by atoms with Crippen LogP contribution in [0.15, 0.2) is 0 Å². The molecule has 13 heteroatoms. The van der Waals surface area contributed by atoms with Gasteiger partial charge >= 0.3 is 68.6 Å². The van der Waals surface area contributed by atoms with Crippen LogP contribution in [-0.4, -0.2) is 109 Å². The fraction of sp³-hybridized carbons (Fsp3) is 0. The van der Waals surface area contributed by atoms with Crippen molar-refractivity contribution in [2.24, 2.45) is 0 Å². The summed E-state index contributed by atoms with van der Waals surface area (Å²) in [7, 11) is -4.67. The van der Waals surface area contributed by atoms with Gasteiger partial charge in [-0.1, -0.05) is 0 Å². The van der Waals surface area contributed by atoms with Crippen LogP contribution in [0.25, 0.3) is 0 Å². The summed E-state index contributed by atoms with van der Waals surface area (Å²) in [5, 5.41) is 0. The molecule has 0 rings (SSSR count). The maximum atomic E-state index is 8.74. The van der Waals surface area contributed by atoms with Gasteiger partial charge in [-0.3, -0.25) is 9.11 Å². The van der Waals surface area contributed by atoms with Crippen molar-refractivity contribution in [2.75, 3.05) is 0 Å². The van der Waals surface area contributed by atoms with E-state index < -0.39 is 10.4 Å². The average Bonchev–Trinajstić information content (AvgIpc) is 0.722. The number of rotatable bonds is 0. The van der Waals surface area contributed by atoms with E-state index in [0.29, 0.717) is 0 Å². The first kappa shape index (κ1) is 82.4. The van der Waals surface area contributed by atoms with Crippen molar-refractivity contribution in [3.63, 3.8) is 0 Å². The first-order chi connectivity index (χ1) is 2.00. The molecule has 0 atom stereocenters. The summed E-state index contributed by atoms with van der Waals surface area (Å²) >= 11 is 0. The number of hydrogen-bond donors (Lipinski definition) is 2. The molecule has 0 amide bonds. The minimum absolute atomic E-state index is 0. The zero-order valence-corrected chi connectivity index (χ0v) is 7.24. The van der Waals surface area contributed by atoms with Crippen LogP contribution in [0.5, 0.6) is 0 Å². The van der Waals surface area contributed by atoms with Gasteiger partial charge in [-0.25, -0.2) is 0 Å². The minimum atomic E-state index is -4.67. The Kier molecular flexibility index (Phi) is 235. The van der Waals surface area contributed by atoms with E-state index in [1.54, 1.807) is 0 Å². The second-order valence-electron chi connectivity index (χ2n) is 0.448. The summed E-state index contributed by atoms with van der Waals surface area (Å²) in [4.78, 5) is 0. The van der Waals surface area contributed by atoms with Crippen LogP contribution in [0.1, 0.15) is 0 Å². The standard InChI is InChI=1S/Ni.H2O4S.6H2O.Rb.H/c;1-5(2,3)4;;;;;;;;/h;(H2,1,2,3,4);6*1H2;;. The third-order valence-corrected chi connectivity index (χ3v) is 0. The van der Waals surface area contributed by atoms with Gasteiger partial charge in [0, 0.05) is 16.5 Å². The summed E-state index contributed by atoms with van der Waals surface area (Å²) < 4.78 is 31.6. The Morgan fingerprint density at radius 3 is 0.692 bits per heavy atom. The first-order valence-corrected chi connectivity index (χ1v) is 2.10. The molecule has 0 aromatic heterocycles. The average molecular weight is 351 g/mol. The maximum absolute atomic E-state index is 8.74. The van der Waals surface area contributed by atoms with E-state index in [1.807, 2.05) is 0 Å². The molecule has 0 aliphatic carbocycles. The molecule has 0 radical (unpaired) electrons. The Hall–Kier alpha value is 1.93. The van der Waals surface area contributed by atoms with Crippen molar-refractivity contribution in [1.29, 1.82) is 0 Å². The van der Waals surface area contributed by atoms with Crippen molar-refractivity contribution < 1.29 is 66.9 Å². The third kappa shape index (κ3) is 533. The molecule has 0 aliphatic rings. The summed E-state index contributed by atoms with van der Waals surface area (Å²) in [5.41, 5.74) is 0.